The third-order valence-electron chi connectivity index (χ3n) is 2.61. The van der Waals surface area contributed by atoms with Crippen LogP contribution in [0.3, 0.4) is 0 Å². The van der Waals surface area contributed by atoms with Crippen LogP contribution in [0, 0.1) is 11.6 Å². The molecule has 0 saturated carbocycles. The molecule has 0 aliphatic carbocycles. The van der Waals surface area contributed by atoms with E-state index in [4.69, 9.17) is 0 Å². The van der Waals surface area contributed by atoms with Gasteiger partial charge in [-0.3, -0.25) is 4.79 Å². The first-order chi connectivity index (χ1) is 10.0. The van der Waals surface area contributed by atoms with Crippen LogP contribution >= 0.6 is 0 Å². The quantitative estimate of drug-likeness (QED) is 0.653. The molecule has 5 nitrogen and oxygen atoms in total. The number of ether oxygens (including phenoxy) is 1. The van der Waals surface area contributed by atoms with Crippen LogP contribution in [-0.4, -0.2) is 35.9 Å². The lowest BCUT2D eigenvalue weighted by Gasteiger charge is -2.26. The Balaban J connectivity index is 2.95. The molecule has 22 heavy (non-hydrogen) atoms. The van der Waals surface area contributed by atoms with Crippen molar-refractivity contribution in [3.05, 3.63) is 29.8 Å². The number of rotatable bonds is 4. The van der Waals surface area contributed by atoms with E-state index in [1.54, 1.807) is 5.32 Å². The molecule has 0 bridgehead atoms. The summed E-state index contributed by atoms with van der Waals surface area (Å²) >= 11 is 0. The van der Waals surface area contributed by atoms with Gasteiger partial charge in [0.25, 0.3) is 5.60 Å². The Morgan fingerprint density at radius 1 is 1.27 bits per heavy atom. The van der Waals surface area contributed by atoms with Crippen LogP contribution < -0.4 is 5.32 Å². The van der Waals surface area contributed by atoms with Gasteiger partial charge in [0.15, 0.2) is 0 Å². The number of benzene rings is 1. The van der Waals surface area contributed by atoms with Crippen molar-refractivity contribution in [2.24, 2.45) is 0 Å². The summed E-state index contributed by atoms with van der Waals surface area (Å²) in [5.74, 6) is -5.80. The molecular formula is C12H10F5NO4. The summed E-state index contributed by atoms with van der Waals surface area (Å²) in [4.78, 5) is 22.6. The molecule has 1 amide bonds. The molecule has 2 N–H and O–H groups in total. The number of anilines is 1. The Hall–Kier alpha value is -2.23. The van der Waals surface area contributed by atoms with Crippen molar-refractivity contribution < 1.29 is 41.4 Å². The SMILES string of the molecule is COC(=O)C(O)(CC(=O)Nc1ccc(F)cc1F)C(F)(F)F. The van der Waals surface area contributed by atoms with E-state index >= 15 is 0 Å². The van der Waals surface area contributed by atoms with Crippen molar-refractivity contribution in [2.75, 3.05) is 12.4 Å². The van der Waals surface area contributed by atoms with Gasteiger partial charge in [0.1, 0.15) is 11.6 Å². The second-order valence-corrected chi connectivity index (χ2v) is 4.20. The van der Waals surface area contributed by atoms with Gasteiger partial charge in [-0.25, -0.2) is 13.6 Å². The lowest BCUT2D eigenvalue weighted by Crippen LogP contribution is -2.54. The van der Waals surface area contributed by atoms with Crippen molar-refractivity contribution >= 4 is 17.6 Å². The van der Waals surface area contributed by atoms with Gasteiger partial charge < -0.3 is 15.2 Å². The van der Waals surface area contributed by atoms with E-state index in [2.05, 4.69) is 4.74 Å². The van der Waals surface area contributed by atoms with Crippen LogP contribution in [-0.2, 0) is 14.3 Å². The molecule has 10 heteroatoms. The summed E-state index contributed by atoms with van der Waals surface area (Å²) in [6.07, 6.45) is -7.24. The van der Waals surface area contributed by atoms with Crippen LogP contribution in [0.4, 0.5) is 27.6 Å². The Bertz CT molecular complexity index is 589. The van der Waals surface area contributed by atoms with E-state index in [1.807, 2.05) is 0 Å². The van der Waals surface area contributed by atoms with Crippen molar-refractivity contribution in [1.82, 2.24) is 0 Å². The number of esters is 1. The van der Waals surface area contributed by atoms with E-state index < -0.39 is 47.4 Å². The third-order valence-corrected chi connectivity index (χ3v) is 2.61. The Morgan fingerprint density at radius 2 is 1.86 bits per heavy atom. The molecular weight excluding hydrogens is 317 g/mol. The Labute approximate surface area is 120 Å². The van der Waals surface area contributed by atoms with Crippen LogP contribution in [0.5, 0.6) is 0 Å². The summed E-state index contributed by atoms with van der Waals surface area (Å²) in [6.45, 7) is 0. The number of alkyl halides is 3. The summed E-state index contributed by atoms with van der Waals surface area (Å²) in [7, 11) is 0.594. The van der Waals surface area contributed by atoms with E-state index in [9.17, 15) is 36.6 Å². The second kappa shape index (κ2) is 6.26. The maximum Gasteiger partial charge on any atom is 0.428 e. The first-order valence-corrected chi connectivity index (χ1v) is 5.63. The third kappa shape index (κ3) is 3.70. The van der Waals surface area contributed by atoms with E-state index in [1.165, 1.54) is 0 Å². The molecule has 1 rings (SSSR count). The molecule has 1 aromatic rings. The highest BCUT2D eigenvalue weighted by molar-refractivity contribution is 5.96. The average Bonchev–Trinajstić information content (AvgIpc) is 2.39. The van der Waals surface area contributed by atoms with Crippen molar-refractivity contribution in [2.45, 2.75) is 18.2 Å². The maximum absolute atomic E-state index is 13.3. The number of carbonyl (C=O) groups is 2. The van der Waals surface area contributed by atoms with E-state index in [-0.39, 0.29) is 0 Å². The highest BCUT2D eigenvalue weighted by Crippen LogP contribution is 2.34. The van der Waals surface area contributed by atoms with Crippen LogP contribution in [0.15, 0.2) is 18.2 Å². The molecule has 0 aromatic heterocycles. The predicted molar refractivity (Wildman–Crippen MR) is 62.6 cm³/mol. The molecule has 0 saturated heterocycles. The number of halogens is 5. The molecule has 0 aliphatic rings. The van der Waals surface area contributed by atoms with Gasteiger partial charge in [0.05, 0.1) is 19.2 Å². The molecule has 0 radical (unpaired) electrons. The summed E-state index contributed by atoms with van der Waals surface area (Å²) in [5.41, 5.74) is -4.69. The monoisotopic (exact) mass is 327 g/mol. The summed E-state index contributed by atoms with van der Waals surface area (Å²) in [5, 5.41) is 11.1. The number of amides is 1. The van der Waals surface area contributed by atoms with E-state index in [0.717, 1.165) is 12.1 Å². The molecule has 0 spiro atoms. The van der Waals surface area contributed by atoms with Gasteiger partial charge in [0, 0.05) is 6.07 Å². The zero-order chi connectivity index (χ0) is 17.1. The van der Waals surface area contributed by atoms with Crippen LogP contribution in [0.25, 0.3) is 0 Å². The minimum atomic E-state index is -5.49. The lowest BCUT2D eigenvalue weighted by molar-refractivity contribution is -0.261. The average molecular weight is 327 g/mol. The Kier molecular flexibility index (Phi) is 5.07. The minimum Gasteiger partial charge on any atom is -0.467 e. The first kappa shape index (κ1) is 17.8. The second-order valence-electron chi connectivity index (χ2n) is 4.20. The summed E-state index contributed by atoms with van der Waals surface area (Å²) < 4.78 is 67.9. The molecule has 1 atom stereocenters. The maximum atomic E-state index is 13.3. The van der Waals surface area contributed by atoms with Crippen LogP contribution in [0.1, 0.15) is 6.42 Å². The molecule has 0 heterocycles. The van der Waals surface area contributed by atoms with Crippen molar-refractivity contribution in [3.63, 3.8) is 0 Å². The largest absolute Gasteiger partial charge is 0.467 e. The number of hydrogen-bond acceptors (Lipinski definition) is 4. The van der Waals surface area contributed by atoms with Gasteiger partial charge >= 0.3 is 12.1 Å². The van der Waals surface area contributed by atoms with Crippen LogP contribution in [0.2, 0.25) is 0 Å². The highest BCUT2D eigenvalue weighted by atomic mass is 19.4. The number of hydrogen-bond donors (Lipinski definition) is 2. The van der Waals surface area contributed by atoms with E-state index in [0.29, 0.717) is 13.2 Å². The number of methoxy groups -OCH3 is 1. The highest BCUT2D eigenvalue weighted by Gasteiger charge is 2.61. The lowest BCUT2D eigenvalue weighted by atomic mass is 9.98. The molecule has 0 fully saturated rings. The normalized spacial score (nSPS) is 14.1. The van der Waals surface area contributed by atoms with Crippen molar-refractivity contribution in [3.8, 4) is 0 Å². The molecule has 1 aromatic carbocycles. The fourth-order valence-corrected chi connectivity index (χ4v) is 1.47. The molecule has 0 aliphatic heterocycles. The number of carbonyl (C=O) groups excluding carboxylic acids is 2. The van der Waals surface area contributed by atoms with Gasteiger partial charge in [-0.05, 0) is 12.1 Å². The molecule has 1 unspecified atom stereocenters. The fraction of sp³-hybridized carbons (Fsp3) is 0.333. The van der Waals surface area contributed by atoms with Gasteiger partial charge in [-0.2, -0.15) is 13.2 Å². The van der Waals surface area contributed by atoms with Gasteiger partial charge in [0.2, 0.25) is 5.91 Å². The topological polar surface area (TPSA) is 75.6 Å². The predicted octanol–water partition coefficient (Wildman–Crippen LogP) is 1.76. The summed E-state index contributed by atoms with van der Waals surface area (Å²) in [6, 6.07) is 1.92. The number of aliphatic hydroxyl groups is 1. The zero-order valence-electron chi connectivity index (χ0n) is 11.0. The smallest absolute Gasteiger partial charge is 0.428 e. The van der Waals surface area contributed by atoms with Gasteiger partial charge in [-0.1, -0.05) is 0 Å². The van der Waals surface area contributed by atoms with Crippen molar-refractivity contribution in [1.29, 1.82) is 0 Å². The number of nitrogens with one attached hydrogen (secondary N) is 1. The van der Waals surface area contributed by atoms with Gasteiger partial charge in [-0.15, -0.1) is 0 Å². The molecule has 122 valence electrons. The zero-order valence-corrected chi connectivity index (χ0v) is 11.0. The minimum absolute atomic E-state index is 0.395. The standard InChI is InChI=1S/C12H10F5NO4/c1-22-10(20)11(21,12(15,16)17)5-9(19)18-8-3-2-6(13)4-7(8)14/h2-4,21H,5H2,1H3,(H,18,19). The fourth-order valence-electron chi connectivity index (χ4n) is 1.47. The Morgan fingerprint density at radius 3 is 2.32 bits per heavy atom. The first-order valence-electron chi connectivity index (χ1n) is 5.63.